The SMILES string of the molecule is CNC(C(=O)O)C(=O)N(C)c1cccc(F)c1. The molecule has 0 aliphatic rings. The van der Waals surface area contributed by atoms with Gasteiger partial charge in [0.15, 0.2) is 6.04 Å². The molecule has 1 aromatic carbocycles. The molecule has 1 unspecified atom stereocenters. The number of hydrogen-bond acceptors (Lipinski definition) is 3. The molecule has 0 heterocycles. The third kappa shape index (κ3) is 3.01. The first-order chi connectivity index (χ1) is 7.97. The van der Waals surface area contributed by atoms with Gasteiger partial charge in [0, 0.05) is 12.7 Å². The van der Waals surface area contributed by atoms with Crippen molar-refractivity contribution in [1.29, 1.82) is 0 Å². The van der Waals surface area contributed by atoms with Crippen LogP contribution >= 0.6 is 0 Å². The predicted molar refractivity (Wildman–Crippen MR) is 60.3 cm³/mol. The van der Waals surface area contributed by atoms with Crippen LogP contribution in [0.25, 0.3) is 0 Å². The van der Waals surface area contributed by atoms with Crippen LogP contribution in [0.15, 0.2) is 24.3 Å². The summed E-state index contributed by atoms with van der Waals surface area (Å²) in [6.45, 7) is 0. The van der Waals surface area contributed by atoms with Gasteiger partial charge in [-0.1, -0.05) is 6.07 Å². The van der Waals surface area contributed by atoms with Crippen LogP contribution in [0.5, 0.6) is 0 Å². The number of rotatable bonds is 4. The number of benzene rings is 1. The fraction of sp³-hybridized carbons (Fsp3) is 0.273. The zero-order chi connectivity index (χ0) is 13.0. The van der Waals surface area contributed by atoms with E-state index in [0.29, 0.717) is 5.69 Å². The fourth-order valence-electron chi connectivity index (χ4n) is 1.36. The smallest absolute Gasteiger partial charge is 0.330 e. The lowest BCUT2D eigenvalue weighted by atomic mass is 10.2. The van der Waals surface area contributed by atoms with Crippen LogP contribution in [0.3, 0.4) is 0 Å². The summed E-state index contributed by atoms with van der Waals surface area (Å²) < 4.78 is 13.0. The Bertz CT molecular complexity index is 436. The van der Waals surface area contributed by atoms with Crippen LogP contribution in [-0.4, -0.2) is 37.1 Å². The zero-order valence-electron chi connectivity index (χ0n) is 9.48. The van der Waals surface area contributed by atoms with Gasteiger partial charge in [0.2, 0.25) is 0 Å². The summed E-state index contributed by atoms with van der Waals surface area (Å²) in [5.74, 6) is -2.43. The van der Waals surface area contributed by atoms with Gasteiger partial charge in [-0.15, -0.1) is 0 Å². The number of carbonyl (C=O) groups is 2. The Morgan fingerprint density at radius 2 is 2.12 bits per heavy atom. The molecule has 0 aromatic heterocycles. The van der Waals surface area contributed by atoms with Crippen molar-refractivity contribution in [2.45, 2.75) is 6.04 Å². The number of carbonyl (C=O) groups excluding carboxylic acids is 1. The van der Waals surface area contributed by atoms with E-state index in [4.69, 9.17) is 5.11 Å². The third-order valence-electron chi connectivity index (χ3n) is 2.31. The zero-order valence-corrected chi connectivity index (χ0v) is 9.48. The van der Waals surface area contributed by atoms with Gasteiger partial charge in [0.1, 0.15) is 5.82 Å². The highest BCUT2D eigenvalue weighted by molar-refractivity contribution is 6.08. The summed E-state index contributed by atoms with van der Waals surface area (Å²) in [6.07, 6.45) is 0. The molecule has 0 saturated heterocycles. The molecule has 92 valence electrons. The molecule has 1 atom stereocenters. The third-order valence-corrected chi connectivity index (χ3v) is 2.31. The summed E-state index contributed by atoms with van der Waals surface area (Å²) >= 11 is 0. The minimum absolute atomic E-state index is 0.302. The van der Waals surface area contributed by atoms with Gasteiger partial charge in [-0.05, 0) is 25.2 Å². The van der Waals surface area contributed by atoms with Crippen LogP contribution in [0.4, 0.5) is 10.1 Å². The molecule has 0 spiro atoms. The van der Waals surface area contributed by atoms with Gasteiger partial charge in [0.05, 0.1) is 0 Å². The first-order valence-corrected chi connectivity index (χ1v) is 4.90. The second-order valence-electron chi connectivity index (χ2n) is 3.44. The van der Waals surface area contributed by atoms with E-state index in [9.17, 15) is 14.0 Å². The minimum Gasteiger partial charge on any atom is -0.480 e. The lowest BCUT2D eigenvalue weighted by Gasteiger charge is -2.21. The minimum atomic E-state index is -1.34. The van der Waals surface area contributed by atoms with Crippen molar-refractivity contribution in [3.63, 3.8) is 0 Å². The van der Waals surface area contributed by atoms with Crippen LogP contribution in [-0.2, 0) is 9.59 Å². The monoisotopic (exact) mass is 240 g/mol. The second-order valence-corrected chi connectivity index (χ2v) is 3.44. The highest BCUT2D eigenvalue weighted by Gasteiger charge is 2.27. The van der Waals surface area contributed by atoms with Crippen molar-refractivity contribution in [3.05, 3.63) is 30.1 Å². The van der Waals surface area contributed by atoms with E-state index in [2.05, 4.69) is 5.32 Å². The Morgan fingerprint density at radius 1 is 1.47 bits per heavy atom. The lowest BCUT2D eigenvalue weighted by molar-refractivity contribution is -0.143. The number of nitrogens with one attached hydrogen (secondary N) is 1. The fourth-order valence-corrected chi connectivity index (χ4v) is 1.36. The Hall–Kier alpha value is -1.95. The van der Waals surface area contributed by atoms with E-state index in [1.807, 2.05) is 0 Å². The summed E-state index contributed by atoms with van der Waals surface area (Å²) in [7, 11) is 2.76. The van der Waals surface area contributed by atoms with Crippen LogP contribution in [0.1, 0.15) is 0 Å². The predicted octanol–water partition coefficient (Wildman–Crippen LogP) is 0.461. The molecular formula is C11H13FN2O3. The van der Waals surface area contributed by atoms with Gasteiger partial charge in [0.25, 0.3) is 5.91 Å². The maximum absolute atomic E-state index is 13.0. The van der Waals surface area contributed by atoms with Gasteiger partial charge < -0.3 is 10.0 Å². The highest BCUT2D eigenvalue weighted by atomic mass is 19.1. The molecular weight excluding hydrogens is 227 g/mol. The van der Waals surface area contributed by atoms with Crippen molar-refractivity contribution in [3.8, 4) is 0 Å². The number of carboxylic acids is 1. The normalized spacial score (nSPS) is 11.9. The number of aliphatic carboxylic acids is 1. The molecule has 5 nitrogen and oxygen atoms in total. The largest absolute Gasteiger partial charge is 0.480 e. The summed E-state index contributed by atoms with van der Waals surface area (Å²) in [6, 6.07) is 4.03. The number of anilines is 1. The van der Waals surface area contributed by atoms with Crippen LogP contribution in [0, 0.1) is 5.82 Å². The number of nitrogens with zero attached hydrogens (tertiary/aromatic N) is 1. The highest BCUT2D eigenvalue weighted by Crippen LogP contribution is 2.14. The van der Waals surface area contributed by atoms with Crippen molar-refractivity contribution in [1.82, 2.24) is 5.32 Å². The summed E-state index contributed by atoms with van der Waals surface area (Å²) in [5, 5.41) is 11.2. The van der Waals surface area contributed by atoms with Gasteiger partial charge in [-0.2, -0.15) is 0 Å². The summed E-state index contributed by atoms with van der Waals surface area (Å²) in [4.78, 5) is 23.7. The van der Waals surface area contributed by atoms with Crippen molar-refractivity contribution in [2.24, 2.45) is 0 Å². The Kier molecular flexibility index (Phi) is 4.17. The number of hydrogen-bond donors (Lipinski definition) is 2. The molecule has 0 aliphatic carbocycles. The van der Waals surface area contributed by atoms with E-state index in [1.165, 1.54) is 32.3 Å². The van der Waals surface area contributed by atoms with Gasteiger partial charge in [-0.25, -0.2) is 9.18 Å². The molecule has 0 fully saturated rings. The molecule has 1 amide bonds. The van der Waals surface area contributed by atoms with E-state index >= 15 is 0 Å². The molecule has 2 N–H and O–H groups in total. The molecule has 0 bridgehead atoms. The van der Waals surface area contributed by atoms with Gasteiger partial charge >= 0.3 is 5.97 Å². The molecule has 0 radical (unpaired) electrons. The average molecular weight is 240 g/mol. The van der Waals surface area contributed by atoms with E-state index in [1.54, 1.807) is 0 Å². The quantitative estimate of drug-likeness (QED) is 0.750. The molecule has 1 rings (SSSR count). The molecule has 0 aliphatic heterocycles. The average Bonchev–Trinajstić information content (AvgIpc) is 2.28. The lowest BCUT2D eigenvalue weighted by Crippen LogP contribution is -2.48. The van der Waals surface area contributed by atoms with Crippen molar-refractivity contribution in [2.75, 3.05) is 19.0 Å². The molecule has 6 heteroatoms. The van der Waals surface area contributed by atoms with E-state index in [-0.39, 0.29) is 0 Å². The van der Waals surface area contributed by atoms with Crippen LogP contribution in [0.2, 0.25) is 0 Å². The molecule has 1 aromatic rings. The number of likely N-dealkylation sites (N-methyl/N-ethyl adjacent to an activating group) is 2. The Balaban J connectivity index is 2.93. The maximum Gasteiger partial charge on any atom is 0.330 e. The Labute approximate surface area is 97.8 Å². The number of halogens is 1. The molecule has 17 heavy (non-hydrogen) atoms. The summed E-state index contributed by atoms with van der Waals surface area (Å²) in [5.41, 5.74) is 0.302. The van der Waals surface area contributed by atoms with Crippen molar-refractivity contribution < 1.29 is 19.1 Å². The topological polar surface area (TPSA) is 69.6 Å². The second kappa shape index (κ2) is 5.40. The van der Waals surface area contributed by atoms with Crippen molar-refractivity contribution >= 4 is 17.6 Å². The maximum atomic E-state index is 13.0. The van der Waals surface area contributed by atoms with Crippen LogP contribution < -0.4 is 10.2 Å². The van der Waals surface area contributed by atoms with E-state index in [0.717, 1.165) is 11.0 Å². The Morgan fingerprint density at radius 3 is 2.59 bits per heavy atom. The molecule has 0 saturated carbocycles. The first kappa shape index (κ1) is 13.1. The number of amides is 1. The standard InChI is InChI=1S/C11H13FN2O3/c1-13-9(11(16)17)10(15)14(2)8-5-3-4-7(12)6-8/h3-6,9,13H,1-2H3,(H,16,17). The first-order valence-electron chi connectivity index (χ1n) is 4.90. The number of carboxylic acid groups (broad SMARTS) is 1. The van der Waals surface area contributed by atoms with Gasteiger partial charge in [-0.3, -0.25) is 10.1 Å². The van der Waals surface area contributed by atoms with E-state index < -0.39 is 23.7 Å².